The maximum Gasteiger partial charge on any atom is 0.240 e. The van der Waals surface area contributed by atoms with Crippen molar-refractivity contribution in [3.8, 4) is 0 Å². The predicted molar refractivity (Wildman–Crippen MR) is 109 cm³/mol. The van der Waals surface area contributed by atoms with Crippen LogP contribution in [0.4, 0.5) is 5.69 Å². The quantitative estimate of drug-likeness (QED) is 0.666. The van der Waals surface area contributed by atoms with Crippen molar-refractivity contribution in [1.82, 2.24) is 4.90 Å². The third kappa shape index (κ3) is 2.37. The summed E-state index contributed by atoms with van der Waals surface area (Å²) >= 11 is 6.24. The van der Waals surface area contributed by atoms with Crippen LogP contribution in [-0.2, 0) is 14.4 Å². The van der Waals surface area contributed by atoms with Gasteiger partial charge in [0.25, 0.3) is 0 Å². The van der Waals surface area contributed by atoms with Crippen molar-refractivity contribution < 1.29 is 14.4 Å². The van der Waals surface area contributed by atoms with Crippen LogP contribution in [0.1, 0.15) is 44.0 Å². The molecule has 3 aliphatic heterocycles. The smallest absolute Gasteiger partial charge is 0.240 e. The first-order chi connectivity index (χ1) is 13.7. The van der Waals surface area contributed by atoms with Gasteiger partial charge in [0.2, 0.25) is 17.7 Å². The molecule has 0 spiro atoms. The van der Waals surface area contributed by atoms with Crippen LogP contribution < -0.4 is 4.90 Å². The zero-order valence-corrected chi connectivity index (χ0v) is 17.2. The topological polar surface area (TPSA) is 57.7 Å². The third-order valence-corrected chi connectivity index (χ3v) is 6.49. The van der Waals surface area contributed by atoms with Gasteiger partial charge in [-0.3, -0.25) is 14.4 Å². The molecule has 3 heterocycles. The van der Waals surface area contributed by atoms with Gasteiger partial charge < -0.3 is 4.90 Å². The van der Waals surface area contributed by atoms with E-state index >= 15 is 0 Å². The minimum atomic E-state index is -0.619. The fourth-order valence-electron chi connectivity index (χ4n) is 5.13. The van der Waals surface area contributed by atoms with Crippen LogP contribution in [0.2, 0.25) is 5.02 Å². The highest BCUT2D eigenvalue weighted by Gasteiger charge is 2.68. The number of carbonyl (C=O) groups excluding carboxylic acids is 3. The molecule has 5 nitrogen and oxygen atoms in total. The zero-order chi connectivity index (χ0) is 20.7. The number of fused-ring (bicyclic) bond motifs is 8. The van der Waals surface area contributed by atoms with Crippen LogP contribution in [-0.4, -0.2) is 22.6 Å². The molecular weight excluding hydrogens is 388 g/mol. The second kappa shape index (κ2) is 5.92. The van der Waals surface area contributed by atoms with Gasteiger partial charge in [-0.15, -0.1) is 0 Å². The van der Waals surface area contributed by atoms with E-state index in [1.807, 2.05) is 51.1 Å². The van der Waals surface area contributed by atoms with Crippen molar-refractivity contribution in [2.75, 3.05) is 4.90 Å². The summed E-state index contributed by atoms with van der Waals surface area (Å²) in [4.78, 5) is 43.3. The lowest BCUT2D eigenvalue weighted by Crippen LogP contribution is -2.42. The van der Waals surface area contributed by atoms with Crippen molar-refractivity contribution in [1.29, 1.82) is 0 Å². The Balaban J connectivity index is 1.66. The molecule has 2 saturated heterocycles. The Kier molecular flexibility index (Phi) is 3.75. The summed E-state index contributed by atoms with van der Waals surface area (Å²) in [5.74, 6) is -1.67. The van der Waals surface area contributed by atoms with Crippen LogP contribution in [0.5, 0.6) is 0 Å². The lowest BCUT2D eigenvalue weighted by Gasteiger charge is -2.32. The standard InChI is InChI=1S/C23H21ClN2O3/c1-23(2,3)22(29)26-18-14-10-9-12(24)11-15(14)19(26)17-16(18)20(27)25(21(17)28)13-7-5-4-6-8-13/h4-11,16-19H,1-3H3/t16-,17-,18+,19+/m1/s1. The number of imide groups is 1. The molecule has 4 atom stereocenters. The van der Waals surface area contributed by atoms with Crippen LogP contribution in [0.25, 0.3) is 0 Å². The number of amides is 3. The van der Waals surface area contributed by atoms with Gasteiger partial charge in [-0.05, 0) is 35.4 Å². The number of halogens is 1. The fraction of sp³-hybridized carbons (Fsp3) is 0.348. The van der Waals surface area contributed by atoms with Gasteiger partial charge >= 0.3 is 0 Å². The Labute approximate surface area is 174 Å². The Morgan fingerprint density at radius 3 is 2.07 bits per heavy atom. The van der Waals surface area contributed by atoms with Gasteiger partial charge in [-0.2, -0.15) is 0 Å². The van der Waals surface area contributed by atoms with Crippen LogP contribution >= 0.6 is 11.6 Å². The van der Waals surface area contributed by atoms with Gasteiger partial charge in [-0.25, -0.2) is 4.90 Å². The van der Waals surface area contributed by atoms with Crippen molar-refractivity contribution in [3.05, 3.63) is 64.7 Å². The molecular formula is C23H21ClN2O3. The largest absolute Gasteiger partial charge is 0.326 e. The molecule has 2 aromatic rings. The third-order valence-electron chi connectivity index (χ3n) is 6.25. The van der Waals surface area contributed by atoms with Crippen molar-refractivity contribution in [2.24, 2.45) is 17.3 Å². The summed E-state index contributed by atoms with van der Waals surface area (Å²) in [6.07, 6.45) is 0. The summed E-state index contributed by atoms with van der Waals surface area (Å²) < 4.78 is 0. The van der Waals surface area contributed by atoms with Crippen LogP contribution in [0.3, 0.4) is 0 Å². The zero-order valence-electron chi connectivity index (χ0n) is 16.4. The normalized spacial score (nSPS) is 27.4. The van der Waals surface area contributed by atoms with E-state index in [1.165, 1.54) is 4.90 Å². The Hall–Kier alpha value is -2.66. The molecule has 0 aromatic heterocycles. The molecule has 29 heavy (non-hydrogen) atoms. The highest BCUT2D eigenvalue weighted by molar-refractivity contribution is 6.30. The maximum atomic E-state index is 13.4. The van der Waals surface area contributed by atoms with E-state index < -0.39 is 29.3 Å². The van der Waals surface area contributed by atoms with E-state index in [2.05, 4.69) is 0 Å². The average molecular weight is 409 g/mol. The first-order valence-corrected chi connectivity index (χ1v) is 10.1. The number of carbonyl (C=O) groups is 3. The van der Waals surface area contributed by atoms with Crippen molar-refractivity contribution >= 4 is 35.0 Å². The van der Waals surface area contributed by atoms with Crippen molar-refractivity contribution in [3.63, 3.8) is 0 Å². The molecule has 0 radical (unpaired) electrons. The second-order valence-corrected chi connectivity index (χ2v) is 9.46. The average Bonchev–Trinajstić information content (AvgIpc) is 3.26. The Morgan fingerprint density at radius 2 is 1.48 bits per heavy atom. The molecule has 0 saturated carbocycles. The fourth-order valence-corrected chi connectivity index (χ4v) is 5.31. The van der Waals surface area contributed by atoms with Gasteiger partial charge in [0, 0.05) is 10.4 Å². The summed E-state index contributed by atoms with van der Waals surface area (Å²) in [5.41, 5.74) is 1.77. The molecule has 148 valence electrons. The second-order valence-electron chi connectivity index (χ2n) is 9.02. The first-order valence-electron chi connectivity index (χ1n) is 9.77. The molecule has 3 amide bonds. The van der Waals surface area contributed by atoms with E-state index in [0.29, 0.717) is 10.7 Å². The molecule has 2 bridgehead atoms. The Morgan fingerprint density at radius 1 is 0.897 bits per heavy atom. The minimum absolute atomic E-state index is 0.0546. The van der Waals surface area contributed by atoms with Gasteiger partial charge in [0.15, 0.2) is 0 Å². The lowest BCUT2D eigenvalue weighted by molar-refractivity contribution is -0.143. The molecule has 6 heteroatoms. The van der Waals surface area contributed by atoms with E-state index in [-0.39, 0.29) is 17.7 Å². The molecule has 0 N–H and O–H groups in total. The molecule has 5 rings (SSSR count). The number of nitrogens with zero attached hydrogens (tertiary/aromatic N) is 2. The van der Waals surface area contributed by atoms with E-state index in [1.54, 1.807) is 23.1 Å². The first kappa shape index (κ1) is 18.4. The molecule has 0 unspecified atom stereocenters. The number of benzene rings is 2. The number of hydrogen-bond acceptors (Lipinski definition) is 3. The number of rotatable bonds is 1. The van der Waals surface area contributed by atoms with Crippen LogP contribution in [0.15, 0.2) is 48.5 Å². The minimum Gasteiger partial charge on any atom is -0.326 e. The SMILES string of the molecule is CC(C)(C)C(=O)N1[C@H]2c3ccc(Cl)cc3[C@H]1[C@@H]1C(=O)N(c3ccccc3)C(=O)[C@H]12. The van der Waals surface area contributed by atoms with E-state index in [9.17, 15) is 14.4 Å². The number of hydrogen-bond donors (Lipinski definition) is 0. The van der Waals surface area contributed by atoms with E-state index in [4.69, 9.17) is 11.6 Å². The monoisotopic (exact) mass is 408 g/mol. The molecule has 2 fully saturated rings. The van der Waals surface area contributed by atoms with Gasteiger partial charge in [-0.1, -0.05) is 56.6 Å². The summed E-state index contributed by atoms with van der Waals surface area (Å²) in [5, 5.41) is 0.563. The highest BCUT2D eigenvalue weighted by atomic mass is 35.5. The number of anilines is 1. The molecule has 2 aromatic carbocycles. The molecule has 0 aliphatic carbocycles. The van der Waals surface area contributed by atoms with Gasteiger partial charge in [0.1, 0.15) is 0 Å². The summed E-state index contributed by atoms with van der Waals surface area (Å²) in [7, 11) is 0. The summed E-state index contributed by atoms with van der Waals surface area (Å²) in [6, 6.07) is 13.6. The molecule has 3 aliphatic rings. The predicted octanol–water partition coefficient (Wildman–Crippen LogP) is 4.13. The van der Waals surface area contributed by atoms with Gasteiger partial charge in [0.05, 0.1) is 29.6 Å². The highest BCUT2D eigenvalue weighted by Crippen LogP contribution is 2.63. The Bertz CT molecular complexity index is 1060. The van der Waals surface area contributed by atoms with Crippen molar-refractivity contribution in [2.45, 2.75) is 32.9 Å². The van der Waals surface area contributed by atoms with E-state index in [0.717, 1.165) is 11.1 Å². The summed E-state index contributed by atoms with van der Waals surface area (Å²) in [6.45, 7) is 5.58. The maximum absolute atomic E-state index is 13.4. The lowest BCUT2D eigenvalue weighted by atomic mass is 9.77. The number of para-hydroxylation sites is 1. The van der Waals surface area contributed by atoms with Crippen LogP contribution in [0, 0.1) is 17.3 Å².